The molecule has 3 heteroatoms. The van der Waals surface area contributed by atoms with E-state index < -0.39 is 0 Å². The first-order valence-electron chi connectivity index (χ1n) is 3.75. The molecule has 12 heavy (non-hydrogen) atoms. The van der Waals surface area contributed by atoms with Crippen molar-refractivity contribution in [2.45, 2.75) is 11.8 Å². The van der Waals surface area contributed by atoms with E-state index in [1.165, 1.54) is 0 Å². The van der Waals surface area contributed by atoms with Crippen molar-refractivity contribution in [3.63, 3.8) is 0 Å². The standard InChI is InChI=1S/C9H9NOS/c1-2-12-8-6-4-3-5-7(8)9(11)10-12/h2-6H,1H3,(H,10,11). The van der Waals surface area contributed by atoms with E-state index >= 15 is 0 Å². The smallest absolute Gasteiger partial charge is 0.262 e. The van der Waals surface area contributed by atoms with E-state index in [0.29, 0.717) is 0 Å². The predicted octanol–water partition coefficient (Wildman–Crippen LogP) is 1.79. The predicted molar refractivity (Wildman–Crippen MR) is 51.5 cm³/mol. The van der Waals surface area contributed by atoms with Gasteiger partial charge < -0.3 is 0 Å². The van der Waals surface area contributed by atoms with Gasteiger partial charge >= 0.3 is 0 Å². The molecule has 1 aromatic carbocycles. The average molecular weight is 179 g/mol. The molecule has 1 aromatic rings. The van der Waals surface area contributed by atoms with Crippen LogP contribution < -0.4 is 4.72 Å². The maximum atomic E-state index is 11.3. The number of amides is 1. The van der Waals surface area contributed by atoms with E-state index in [-0.39, 0.29) is 16.6 Å². The summed E-state index contributed by atoms with van der Waals surface area (Å²) in [5.41, 5.74) is 0.818. The number of hydrogen-bond acceptors (Lipinski definition) is 1. The quantitative estimate of drug-likeness (QED) is 0.604. The third-order valence-electron chi connectivity index (χ3n) is 1.81. The second-order valence-electron chi connectivity index (χ2n) is 2.50. The van der Waals surface area contributed by atoms with Gasteiger partial charge in [-0.3, -0.25) is 9.52 Å². The molecule has 1 aliphatic heterocycles. The van der Waals surface area contributed by atoms with Gasteiger partial charge in [0.25, 0.3) is 5.91 Å². The van der Waals surface area contributed by atoms with E-state index in [1.54, 1.807) is 0 Å². The summed E-state index contributed by atoms with van der Waals surface area (Å²) in [6, 6.07) is 7.71. The van der Waals surface area contributed by atoms with E-state index in [4.69, 9.17) is 0 Å². The Bertz CT molecular complexity index is 371. The van der Waals surface area contributed by atoms with E-state index in [9.17, 15) is 4.79 Å². The lowest BCUT2D eigenvalue weighted by molar-refractivity contribution is 0.0986. The van der Waals surface area contributed by atoms with Gasteiger partial charge in [-0.25, -0.2) is 0 Å². The van der Waals surface area contributed by atoms with Crippen LogP contribution in [0.3, 0.4) is 0 Å². The van der Waals surface area contributed by atoms with Crippen LogP contribution in [0.15, 0.2) is 29.2 Å². The van der Waals surface area contributed by atoms with Gasteiger partial charge in [0, 0.05) is 4.90 Å². The Morgan fingerprint density at radius 2 is 2.17 bits per heavy atom. The van der Waals surface area contributed by atoms with Crippen LogP contribution in [-0.2, 0) is 0 Å². The summed E-state index contributed by atoms with van der Waals surface area (Å²) in [5.74, 6) is 0.0482. The third-order valence-corrected chi connectivity index (χ3v) is 3.51. The second kappa shape index (κ2) is 2.75. The van der Waals surface area contributed by atoms with Crippen LogP contribution in [-0.4, -0.2) is 11.3 Å². The fraction of sp³-hybridized carbons (Fsp3) is 0.111. The molecule has 62 valence electrons. The monoisotopic (exact) mass is 179 g/mol. The number of carbonyl (C=O) groups is 1. The Hall–Kier alpha value is -1.09. The van der Waals surface area contributed by atoms with Crippen LogP contribution in [0.4, 0.5) is 0 Å². The molecule has 0 saturated carbocycles. The Labute approximate surface area is 73.7 Å². The van der Waals surface area contributed by atoms with Crippen LogP contribution in [0, 0.1) is 0 Å². The minimum Gasteiger partial charge on any atom is -0.298 e. The second-order valence-corrected chi connectivity index (χ2v) is 4.29. The van der Waals surface area contributed by atoms with Crippen molar-refractivity contribution in [2.75, 3.05) is 0 Å². The summed E-state index contributed by atoms with van der Waals surface area (Å²) >= 11 is 0. The minimum atomic E-state index is -0.164. The number of carbonyl (C=O) groups excluding carboxylic acids is 1. The highest BCUT2D eigenvalue weighted by atomic mass is 32.2. The summed E-state index contributed by atoms with van der Waals surface area (Å²) in [7, 11) is -0.164. The minimum absolute atomic E-state index is 0.0482. The molecule has 1 amide bonds. The molecule has 0 radical (unpaired) electrons. The molecular formula is C9H9NOS. The van der Waals surface area contributed by atoms with Crippen molar-refractivity contribution in [3.05, 3.63) is 29.8 Å². The van der Waals surface area contributed by atoms with Gasteiger partial charge in [-0.15, -0.1) is 0 Å². The van der Waals surface area contributed by atoms with Crippen LogP contribution in [0.5, 0.6) is 0 Å². The summed E-state index contributed by atoms with van der Waals surface area (Å²) in [6.45, 7) is 1.96. The van der Waals surface area contributed by atoms with Gasteiger partial charge in [0.2, 0.25) is 0 Å². The molecule has 1 heterocycles. The molecule has 1 unspecified atom stereocenters. The van der Waals surface area contributed by atoms with Crippen LogP contribution in [0.25, 0.3) is 0 Å². The van der Waals surface area contributed by atoms with Crippen molar-refractivity contribution in [1.29, 1.82) is 0 Å². The van der Waals surface area contributed by atoms with Crippen LogP contribution in [0.1, 0.15) is 17.3 Å². The van der Waals surface area contributed by atoms with Crippen molar-refractivity contribution in [2.24, 2.45) is 0 Å². The third kappa shape index (κ3) is 0.975. The average Bonchev–Trinajstić information content (AvgIpc) is 2.44. The van der Waals surface area contributed by atoms with Gasteiger partial charge in [0.05, 0.1) is 5.56 Å². The van der Waals surface area contributed by atoms with Crippen LogP contribution >= 0.6 is 10.7 Å². The highest BCUT2D eigenvalue weighted by Gasteiger charge is 2.20. The first kappa shape index (κ1) is 7.55. The Balaban J connectivity index is 2.65. The lowest BCUT2D eigenvalue weighted by Gasteiger charge is -1.97. The Kier molecular flexibility index (Phi) is 1.73. The number of hydrogen-bond donors (Lipinski definition) is 1. The van der Waals surface area contributed by atoms with Gasteiger partial charge in [0.1, 0.15) is 0 Å². The fourth-order valence-electron chi connectivity index (χ4n) is 1.24. The molecule has 2 nitrogen and oxygen atoms in total. The van der Waals surface area contributed by atoms with Gasteiger partial charge in [-0.05, 0) is 24.4 Å². The normalized spacial score (nSPS) is 20.8. The molecule has 0 fully saturated rings. The van der Waals surface area contributed by atoms with Crippen molar-refractivity contribution in [3.8, 4) is 0 Å². The molecule has 0 spiro atoms. The fourth-order valence-corrected chi connectivity index (χ4v) is 2.66. The zero-order chi connectivity index (χ0) is 8.55. The molecule has 1 N–H and O–H groups in total. The molecule has 1 aliphatic rings. The maximum absolute atomic E-state index is 11.3. The van der Waals surface area contributed by atoms with Gasteiger partial charge in [-0.2, -0.15) is 0 Å². The molecule has 0 aliphatic carbocycles. The SMILES string of the molecule is C/C=S1/NC(=O)c2ccccc21. The van der Waals surface area contributed by atoms with Crippen molar-refractivity contribution >= 4 is 21.9 Å². The van der Waals surface area contributed by atoms with Crippen LogP contribution in [0.2, 0.25) is 0 Å². The Morgan fingerprint density at radius 1 is 1.42 bits per heavy atom. The summed E-state index contributed by atoms with van der Waals surface area (Å²) in [6.07, 6.45) is 0. The van der Waals surface area contributed by atoms with E-state index in [0.717, 1.165) is 10.5 Å². The molecule has 1 atom stereocenters. The summed E-state index contributed by atoms with van der Waals surface area (Å²) < 4.78 is 2.90. The zero-order valence-corrected chi connectivity index (χ0v) is 7.52. The van der Waals surface area contributed by atoms with Crippen molar-refractivity contribution < 1.29 is 4.79 Å². The van der Waals surface area contributed by atoms with Gasteiger partial charge in [0.15, 0.2) is 0 Å². The van der Waals surface area contributed by atoms with Gasteiger partial charge in [-0.1, -0.05) is 22.8 Å². The number of fused-ring (bicyclic) bond motifs is 1. The number of nitrogens with one attached hydrogen (secondary N) is 1. The molecular weight excluding hydrogens is 170 g/mol. The molecule has 0 bridgehead atoms. The van der Waals surface area contributed by atoms with E-state index in [1.807, 2.05) is 36.6 Å². The number of benzene rings is 1. The lowest BCUT2D eigenvalue weighted by Crippen LogP contribution is -2.09. The first-order valence-corrected chi connectivity index (χ1v) is 5.04. The maximum Gasteiger partial charge on any atom is 0.262 e. The Morgan fingerprint density at radius 3 is 2.92 bits per heavy atom. The molecule has 2 rings (SSSR count). The van der Waals surface area contributed by atoms with Crippen molar-refractivity contribution in [1.82, 2.24) is 4.72 Å². The lowest BCUT2D eigenvalue weighted by atomic mass is 10.2. The summed E-state index contributed by atoms with van der Waals surface area (Å²) in [5, 5.41) is 2.02. The number of rotatable bonds is 0. The molecule has 0 saturated heterocycles. The summed E-state index contributed by atoms with van der Waals surface area (Å²) in [4.78, 5) is 12.4. The van der Waals surface area contributed by atoms with E-state index in [2.05, 4.69) is 4.72 Å². The highest BCUT2D eigenvalue weighted by molar-refractivity contribution is 8.14. The molecule has 0 aromatic heterocycles. The zero-order valence-electron chi connectivity index (χ0n) is 6.70. The largest absolute Gasteiger partial charge is 0.298 e. The topological polar surface area (TPSA) is 29.1 Å². The highest BCUT2D eigenvalue weighted by Crippen LogP contribution is 2.32. The first-order chi connectivity index (χ1) is 5.83.